The summed E-state index contributed by atoms with van der Waals surface area (Å²) in [7, 11) is 0. The molecule has 34 heavy (non-hydrogen) atoms. The Morgan fingerprint density at radius 1 is 1.29 bits per heavy atom. The summed E-state index contributed by atoms with van der Waals surface area (Å²) >= 11 is 12.8. The molecule has 0 saturated carbocycles. The highest BCUT2D eigenvalue weighted by Gasteiger charge is 2.34. The number of carbonyl (C=O) groups is 2. The Hall–Kier alpha value is -2.68. The quantitative estimate of drug-likeness (QED) is 0.306. The summed E-state index contributed by atoms with van der Waals surface area (Å²) < 4.78 is 12.8. The number of amides is 1. The highest BCUT2D eigenvalue weighted by Crippen LogP contribution is 2.36. The minimum atomic E-state index is -0.291. The van der Waals surface area contributed by atoms with E-state index in [1.807, 2.05) is 36.7 Å². The summed E-state index contributed by atoms with van der Waals surface area (Å²) in [6.45, 7) is 4.86. The van der Waals surface area contributed by atoms with Crippen LogP contribution >= 0.6 is 23.2 Å². The van der Waals surface area contributed by atoms with E-state index in [-0.39, 0.29) is 43.5 Å². The Bertz CT molecular complexity index is 1180. The number of hydrogen-bond donors (Lipinski definition) is 0. The lowest BCUT2D eigenvalue weighted by atomic mass is 10.1. The van der Waals surface area contributed by atoms with Gasteiger partial charge in [0.2, 0.25) is 5.91 Å². The summed E-state index contributed by atoms with van der Waals surface area (Å²) in [5.74, 6) is 0.410. The van der Waals surface area contributed by atoms with Crippen LogP contribution in [0.15, 0.2) is 36.9 Å². The van der Waals surface area contributed by atoms with E-state index in [2.05, 4.69) is 4.98 Å². The number of ether oxygens (including phenoxy) is 2. The Balaban J connectivity index is 1.55. The summed E-state index contributed by atoms with van der Waals surface area (Å²) in [5.41, 5.74) is 1.28. The van der Waals surface area contributed by atoms with Gasteiger partial charge in [0.25, 0.3) is 0 Å². The number of benzene rings is 1. The Labute approximate surface area is 207 Å². The maximum Gasteiger partial charge on any atom is 0.308 e. The van der Waals surface area contributed by atoms with E-state index < -0.39 is 0 Å². The van der Waals surface area contributed by atoms with Crippen LogP contribution in [0.25, 0.3) is 16.6 Å². The molecule has 0 bridgehead atoms. The third-order valence-corrected chi connectivity index (χ3v) is 6.32. The van der Waals surface area contributed by atoms with Crippen LogP contribution in [-0.4, -0.2) is 52.3 Å². The number of nitrogens with zero attached hydrogens (tertiary/aromatic N) is 4. The van der Waals surface area contributed by atoms with Gasteiger partial charge >= 0.3 is 5.97 Å². The normalized spacial score (nSPS) is 16.1. The molecular weight excluding hydrogens is 479 g/mol. The second-order valence-corrected chi connectivity index (χ2v) is 9.37. The van der Waals surface area contributed by atoms with Crippen LogP contribution in [0.2, 0.25) is 10.0 Å². The molecule has 8 nitrogen and oxygen atoms in total. The van der Waals surface area contributed by atoms with Crippen molar-refractivity contribution in [1.82, 2.24) is 14.5 Å². The third-order valence-electron chi connectivity index (χ3n) is 5.53. The fraction of sp³-hybridized carbons (Fsp3) is 0.417. The predicted octanol–water partition coefficient (Wildman–Crippen LogP) is 4.83. The van der Waals surface area contributed by atoms with Crippen molar-refractivity contribution in [2.75, 3.05) is 24.7 Å². The standard InChI is InChI=1S/C24H26Cl2N4O4/c1-15(2)12-34-22(32)7-10-33-13-16-3-6-21(31)30(16)20-11-19(29-9-8-27-14-29)17-4-5-18(25)23(26)24(17)28-20/h4-5,8-9,11,14-16H,3,6-7,10,12-13H2,1-2H3/t16-/m0/s1. The molecule has 1 saturated heterocycles. The van der Waals surface area contributed by atoms with Crippen molar-refractivity contribution in [1.29, 1.82) is 0 Å². The van der Waals surface area contributed by atoms with Gasteiger partial charge < -0.3 is 14.0 Å². The average Bonchev–Trinajstić information content (AvgIpc) is 3.47. The lowest BCUT2D eigenvalue weighted by molar-refractivity contribution is -0.146. The minimum Gasteiger partial charge on any atom is -0.465 e. The van der Waals surface area contributed by atoms with Gasteiger partial charge in [0, 0.05) is 30.3 Å². The molecule has 0 unspecified atom stereocenters. The number of esters is 1. The first-order chi connectivity index (χ1) is 16.3. The van der Waals surface area contributed by atoms with Gasteiger partial charge in [-0.25, -0.2) is 9.97 Å². The first-order valence-corrected chi connectivity index (χ1v) is 11.9. The molecule has 0 spiro atoms. The summed E-state index contributed by atoms with van der Waals surface area (Å²) in [5, 5.41) is 1.49. The van der Waals surface area contributed by atoms with Crippen LogP contribution in [0.1, 0.15) is 33.1 Å². The van der Waals surface area contributed by atoms with E-state index >= 15 is 0 Å². The molecule has 0 radical (unpaired) electrons. The lowest BCUT2D eigenvalue weighted by Crippen LogP contribution is -2.37. The number of aromatic nitrogens is 3. The second-order valence-electron chi connectivity index (χ2n) is 8.59. The number of carbonyl (C=O) groups excluding carboxylic acids is 2. The van der Waals surface area contributed by atoms with Gasteiger partial charge in [-0.15, -0.1) is 0 Å². The molecule has 10 heteroatoms. The van der Waals surface area contributed by atoms with Gasteiger partial charge in [-0.05, 0) is 24.5 Å². The number of fused-ring (bicyclic) bond motifs is 1. The molecule has 1 aromatic carbocycles. The zero-order valence-electron chi connectivity index (χ0n) is 19.0. The van der Waals surface area contributed by atoms with Crippen LogP contribution in [0, 0.1) is 5.92 Å². The van der Waals surface area contributed by atoms with Gasteiger partial charge in [-0.2, -0.15) is 0 Å². The van der Waals surface area contributed by atoms with E-state index in [0.717, 1.165) is 11.1 Å². The lowest BCUT2D eigenvalue weighted by Gasteiger charge is -2.25. The number of pyridine rings is 1. The molecule has 0 aliphatic carbocycles. The van der Waals surface area contributed by atoms with Crippen molar-refractivity contribution in [3.63, 3.8) is 0 Å². The van der Waals surface area contributed by atoms with Gasteiger partial charge in [-0.1, -0.05) is 37.0 Å². The van der Waals surface area contributed by atoms with Crippen LogP contribution in [0.5, 0.6) is 0 Å². The first-order valence-electron chi connectivity index (χ1n) is 11.2. The van der Waals surface area contributed by atoms with Crippen LogP contribution in [0.3, 0.4) is 0 Å². The van der Waals surface area contributed by atoms with Crippen LogP contribution in [-0.2, 0) is 19.1 Å². The molecule has 180 valence electrons. The average molecular weight is 505 g/mol. The number of anilines is 1. The Morgan fingerprint density at radius 2 is 2.12 bits per heavy atom. The minimum absolute atomic E-state index is 0.0495. The smallest absolute Gasteiger partial charge is 0.308 e. The number of imidazole rings is 1. The van der Waals surface area contributed by atoms with E-state index in [0.29, 0.717) is 40.8 Å². The van der Waals surface area contributed by atoms with Crippen molar-refractivity contribution in [2.24, 2.45) is 5.92 Å². The molecule has 0 N–H and O–H groups in total. The Kier molecular flexibility index (Phi) is 7.70. The molecule has 3 heterocycles. The molecule has 1 atom stereocenters. The summed E-state index contributed by atoms with van der Waals surface area (Å²) in [4.78, 5) is 35.1. The van der Waals surface area contributed by atoms with Crippen LogP contribution in [0.4, 0.5) is 5.82 Å². The monoisotopic (exact) mass is 504 g/mol. The second kappa shape index (κ2) is 10.7. The Morgan fingerprint density at radius 3 is 2.85 bits per heavy atom. The molecule has 1 amide bonds. The topological polar surface area (TPSA) is 86.5 Å². The van der Waals surface area contributed by atoms with E-state index in [1.54, 1.807) is 23.5 Å². The number of rotatable bonds is 9. The first kappa shape index (κ1) is 24.4. The highest BCUT2D eigenvalue weighted by atomic mass is 35.5. The zero-order valence-corrected chi connectivity index (χ0v) is 20.6. The largest absolute Gasteiger partial charge is 0.465 e. The predicted molar refractivity (Wildman–Crippen MR) is 131 cm³/mol. The maximum atomic E-state index is 12.8. The van der Waals surface area contributed by atoms with Gasteiger partial charge in [-0.3, -0.25) is 14.5 Å². The molecule has 1 aliphatic heterocycles. The third kappa shape index (κ3) is 5.35. The van der Waals surface area contributed by atoms with Gasteiger partial charge in [0.15, 0.2) is 0 Å². The zero-order chi connectivity index (χ0) is 24.2. The fourth-order valence-corrected chi connectivity index (χ4v) is 4.22. The molecular formula is C24H26Cl2N4O4. The van der Waals surface area contributed by atoms with Crippen molar-refractivity contribution in [3.05, 3.63) is 47.0 Å². The van der Waals surface area contributed by atoms with E-state index in [4.69, 9.17) is 37.7 Å². The van der Waals surface area contributed by atoms with E-state index in [1.165, 1.54) is 0 Å². The fourth-order valence-electron chi connectivity index (χ4n) is 3.86. The van der Waals surface area contributed by atoms with Crippen molar-refractivity contribution in [3.8, 4) is 5.69 Å². The van der Waals surface area contributed by atoms with E-state index in [9.17, 15) is 9.59 Å². The molecule has 1 aliphatic rings. The van der Waals surface area contributed by atoms with Gasteiger partial charge in [0.05, 0.1) is 59.9 Å². The summed E-state index contributed by atoms with van der Waals surface area (Å²) in [6, 6.07) is 5.20. The van der Waals surface area contributed by atoms with Gasteiger partial charge in [0.1, 0.15) is 5.82 Å². The van der Waals surface area contributed by atoms with Crippen molar-refractivity contribution < 1.29 is 19.1 Å². The molecule has 1 fully saturated rings. The highest BCUT2D eigenvalue weighted by molar-refractivity contribution is 6.45. The molecule has 4 rings (SSSR count). The van der Waals surface area contributed by atoms with Crippen molar-refractivity contribution in [2.45, 2.75) is 39.2 Å². The SMILES string of the molecule is CC(C)COC(=O)CCOC[C@@H]1CCC(=O)N1c1cc(-n2ccnc2)c2ccc(Cl)c(Cl)c2n1. The maximum absolute atomic E-state index is 12.8. The molecule has 3 aromatic rings. The number of halogens is 2. The van der Waals surface area contributed by atoms with Crippen LogP contribution < -0.4 is 4.90 Å². The van der Waals surface area contributed by atoms with Crippen molar-refractivity contribution >= 4 is 51.8 Å². The number of hydrogen-bond acceptors (Lipinski definition) is 6. The molecule has 2 aromatic heterocycles. The summed E-state index contributed by atoms with van der Waals surface area (Å²) in [6.07, 6.45) is 6.33.